The van der Waals surface area contributed by atoms with Gasteiger partial charge in [-0.3, -0.25) is 0 Å². The molecule has 1 aromatic heterocycles. The van der Waals surface area contributed by atoms with Crippen LogP contribution in [0.1, 0.15) is 42.3 Å². The van der Waals surface area contributed by atoms with Crippen LogP contribution in [-0.2, 0) is 6.42 Å². The molecule has 1 aromatic carbocycles. The van der Waals surface area contributed by atoms with E-state index in [1.165, 1.54) is 10.4 Å². The predicted octanol–water partition coefficient (Wildman–Crippen LogP) is 4.82. The van der Waals surface area contributed by atoms with E-state index in [1.807, 2.05) is 17.6 Å². The maximum absolute atomic E-state index is 6.39. The predicted molar refractivity (Wildman–Crippen MR) is 92.5 cm³/mol. The van der Waals surface area contributed by atoms with Crippen LogP contribution in [-0.4, -0.2) is 17.6 Å². The molecular weight excluding hydrogens is 300 g/mol. The molecule has 114 valence electrons. The lowest BCUT2D eigenvalue weighted by Crippen LogP contribution is -2.28. The van der Waals surface area contributed by atoms with Gasteiger partial charge in [0.05, 0.1) is 11.2 Å². The van der Waals surface area contributed by atoms with E-state index in [0.29, 0.717) is 12.0 Å². The second kappa shape index (κ2) is 7.92. The third-order valence-corrected chi connectivity index (χ3v) is 5.02. The Hall–Kier alpha value is -0.900. The lowest BCUT2D eigenvalue weighted by Gasteiger charge is -2.20. The van der Waals surface area contributed by atoms with E-state index in [4.69, 9.17) is 11.6 Å². The molecule has 0 amide bonds. The average molecular weight is 323 g/mol. The zero-order valence-electron chi connectivity index (χ0n) is 12.9. The van der Waals surface area contributed by atoms with Crippen molar-refractivity contribution in [3.63, 3.8) is 0 Å². The summed E-state index contributed by atoms with van der Waals surface area (Å²) in [6, 6.07) is 8.68. The van der Waals surface area contributed by atoms with Gasteiger partial charge in [-0.05, 0) is 37.3 Å². The monoisotopic (exact) mass is 322 g/mol. The molecule has 4 heteroatoms. The summed E-state index contributed by atoms with van der Waals surface area (Å²) in [5.41, 5.74) is 4.34. The number of nitrogens with zero attached hydrogens (tertiary/aromatic N) is 1. The van der Waals surface area contributed by atoms with E-state index < -0.39 is 0 Å². The number of hydrogen-bond acceptors (Lipinski definition) is 3. The largest absolute Gasteiger partial charge is 0.314 e. The van der Waals surface area contributed by atoms with Gasteiger partial charge < -0.3 is 5.32 Å². The molecule has 2 aromatic rings. The molecule has 0 aliphatic rings. The van der Waals surface area contributed by atoms with Crippen molar-refractivity contribution in [3.8, 4) is 0 Å². The first-order valence-corrected chi connectivity index (χ1v) is 8.70. The fraction of sp³-hybridized carbons (Fsp3) is 0.471. The van der Waals surface area contributed by atoms with Gasteiger partial charge in [-0.15, -0.1) is 11.3 Å². The second-order valence-corrected chi connectivity index (χ2v) is 7.03. The van der Waals surface area contributed by atoms with Crippen LogP contribution in [0.4, 0.5) is 0 Å². The number of rotatable bonds is 7. The molecule has 1 unspecified atom stereocenters. The minimum absolute atomic E-state index is 0.433. The Labute approximate surface area is 136 Å². The van der Waals surface area contributed by atoms with Crippen LogP contribution in [0.25, 0.3) is 0 Å². The van der Waals surface area contributed by atoms with Gasteiger partial charge in [0.2, 0.25) is 0 Å². The normalized spacial score (nSPS) is 12.8. The summed E-state index contributed by atoms with van der Waals surface area (Å²) in [7, 11) is 0. The van der Waals surface area contributed by atoms with Crippen LogP contribution < -0.4 is 5.32 Å². The molecule has 0 saturated heterocycles. The van der Waals surface area contributed by atoms with Crippen molar-refractivity contribution in [2.24, 2.45) is 0 Å². The van der Waals surface area contributed by atoms with E-state index in [2.05, 4.69) is 43.2 Å². The smallest absolute Gasteiger partial charge is 0.0797 e. The number of nitrogens with one attached hydrogen (secondary N) is 1. The first-order valence-electron chi connectivity index (χ1n) is 7.44. The second-order valence-electron chi connectivity index (χ2n) is 5.68. The van der Waals surface area contributed by atoms with Crippen molar-refractivity contribution < 1.29 is 0 Å². The SMILES string of the molecule is Cc1ncsc1CCC(CNC(C)C)c1ccccc1Cl. The van der Waals surface area contributed by atoms with Crippen LogP contribution in [0, 0.1) is 6.92 Å². The Morgan fingerprint density at radius 1 is 1.29 bits per heavy atom. The maximum Gasteiger partial charge on any atom is 0.0797 e. The number of aryl methyl sites for hydroxylation is 2. The summed E-state index contributed by atoms with van der Waals surface area (Å²) in [5, 5.41) is 4.41. The lowest BCUT2D eigenvalue weighted by atomic mass is 9.93. The van der Waals surface area contributed by atoms with Gasteiger partial charge in [-0.25, -0.2) is 4.98 Å². The zero-order valence-corrected chi connectivity index (χ0v) is 14.5. The van der Waals surface area contributed by atoms with Crippen LogP contribution >= 0.6 is 22.9 Å². The highest BCUT2D eigenvalue weighted by Gasteiger charge is 2.16. The van der Waals surface area contributed by atoms with Crippen LogP contribution in [0.2, 0.25) is 5.02 Å². The molecule has 0 bridgehead atoms. The van der Waals surface area contributed by atoms with Crippen LogP contribution in [0.5, 0.6) is 0 Å². The molecule has 2 rings (SSSR count). The van der Waals surface area contributed by atoms with E-state index in [9.17, 15) is 0 Å². The summed E-state index contributed by atoms with van der Waals surface area (Å²) in [6.07, 6.45) is 2.15. The Bertz CT molecular complexity index is 565. The molecule has 0 fully saturated rings. The van der Waals surface area contributed by atoms with E-state index >= 15 is 0 Å². The van der Waals surface area contributed by atoms with Crippen molar-refractivity contribution in [2.45, 2.75) is 45.6 Å². The molecule has 1 atom stereocenters. The highest BCUT2D eigenvalue weighted by molar-refractivity contribution is 7.09. The number of thiazole rings is 1. The topological polar surface area (TPSA) is 24.9 Å². The van der Waals surface area contributed by atoms with Gasteiger partial charge in [0, 0.05) is 22.5 Å². The van der Waals surface area contributed by atoms with Gasteiger partial charge in [-0.2, -0.15) is 0 Å². The summed E-state index contributed by atoms with van der Waals surface area (Å²) in [4.78, 5) is 5.72. The Morgan fingerprint density at radius 2 is 2.05 bits per heavy atom. The summed E-state index contributed by atoms with van der Waals surface area (Å²) in [5.74, 6) is 0.433. The maximum atomic E-state index is 6.39. The van der Waals surface area contributed by atoms with Crippen molar-refractivity contribution in [1.29, 1.82) is 0 Å². The molecule has 1 N–H and O–H groups in total. The zero-order chi connectivity index (χ0) is 15.2. The van der Waals surface area contributed by atoms with Crippen LogP contribution in [0.15, 0.2) is 29.8 Å². The minimum Gasteiger partial charge on any atom is -0.314 e. The Kier molecular flexibility index (Phi) is 6.22. The van der Waals surface area contributed by atoms with E-state index in [-0.39, 0.29) is 0 Å². The fourth-order valence-corrected chi connectivity index (χ4v) is 3.51. The molecule has 0 saturated carbocycles. The molecule has 0 radical (unpaired) electrons. The molecule has 21 heavy (non-hydrogen) atoms. The molecule has 1 heterocycles. The van der Waals surface area contributed by atoms with Gasteiger partial charge >= 0.3 is 0 Å². The molecular formula is C17H23ClN2S. The summed E-state index contributed by atoms with van der Waals surface area (Å²) in [6.45, 7) is 7.40. The highest BCUT2D eigenvalue weighted by atomic mass is 35.5. The third kappa shape index (κ3) is 4.80. The van der Waals surface area contributed by atoms with Gasteiger partial charge in [0.1, 0.15) is 0 Å². The molecule has 0 aliphatic heterocycles. The van der Waals surface area contributed by atoms with Gasteiger partial charge in [0.15, 0.2) is 0 Å². The van der Waals surface area contributed by atoms with Crippen molar-refractivity contribution in [1.82, 2.24) is 10.3 Å². The Morgan fingerprint density at radius 3 is 2.67 bits per heavy atom. The minimum atomic E-state index is 0.433. The average Bonchev–Trinajstić information content (AvgIpc) is 2.85. The van der Waals surface area contributed by atoms with Crippen LogP contribution in [0.3, 0.4) is 0 Å². The van der Waals surface area contributed by atoms with Crippen molar-refractivity contribution in [3.05, 3.63) is 50.9 Å². The first-order chi connectivity index (χ1) is 10.1. The number of halogens is 1. The van der Waals surface area contributed by atoms with Crippen molar-refractivity contribution in [2.75, 3.05) is 6.54 Å². The third-order valence-electron chi connectivity index (χ3n) is 3.68. The fourth-order valence-electron chi connectivity index (χ4n) is 2.42. The standard InChI is InChI=1S/C17H23ClN2S/c1-12(2)19-10-14(15-6-4-5-7-16(15)18)8-9-17-13(3)20-11-21-17/h4-7,11-12,14,19H,8-10H2,1-3H3. The summed E-state index contributed by atoms with van der Waals surface area (Å²) >= 11 is 8.14. The molecule has 0 spiro atoms. The van der Waals surface area contributed by atoms with Gasteiger partial charge in [0.25, 0.3) is 0 Å². The van der Waals surface area contributed by atoms with Crippen molar-refractivity contribution >= 4 is 22.9 Å². The molecule has 2 nitrogen and oxygen atoms in total. The molecule has 0 aliphatic carbocycles. The number of aromatic nitrogens is 1. The Balaban J connectivity index is 2.09. The first kappa shape index (κ1) is 16.5. The number of hydrogen-bond donors (Lipinski definition) is 1. The highest BCUT2D eigenvalue weighted by Crippen LogP contribution is 2.29. The number of benzene rings is 1. The summed E-state index contributed by atoms with van der Waals surface area (Å²) < 4.78 is 0. The van der Waals surface area contributed by atoms with E-state index in [0.717, 1.165) is 30.1 Å². The van der Waals surface area contributed by atoms with Gasteiger partial charge in [-0.1, -0.05) is 43.6 Å². The van der Waals surface area contributed by atoms with E-state index in [1.54, 1.807) is 11.3 Å². The lowest BCUT2D eigenvalue weighted by molar-refractivity contribution is 0.509. The quantitative estimate of drug-likeness (QED) is 0.790.